The molecule has 2 atom stereocenters. The predicted molar refractivity (Wildman–Crippen MR) is 75.0 cm³/mol. The predicted octanol–water partition coefficient (Wildman–Crippen LogP) is 2.96. The summed E-state index contributed by atoms with van der Waals surface area (Å²) >= 11 is 3.19. The van der Waals surface area contributed by atoms with Crippen LogP contribution in [0.2, 0.25) is 0 Å². The Hall–Kier alpha value is -1.63. The number of halogens is 2. The van der Waals surface area contributed by atoms with Gasteiger partial charge in [0, 0.05) is 10.5 Å². The minimum absolute atomic E-state index is 0.0433. The highest BCUT2D eigenvalue weighted by Crippen LogP contribution is 2.26. The first-order valence-corrected chi connectivity index (χ1v) is 7.02. The zero-order valence-corrected chi connectivity index (χ0v) is 12.1. The van der Waals surface area contributed by atoms with Crippen LogP contribution in [0.15, 0.2) is 22.7 Å². The molecule has 1 aromatic carbocycles. The molecule has 5 nitrogen and oxygen atoms in total. The van der Waals surface area contributed by atoms with Crippen molar-refractivity contribution in [1.82, 2.24) is 5.32 Å². The lowest BCUT2D eigenvalue weighted by atomic mass is 10.0. The molecule has 0 spiro atoms. The average molecular weight is 345 g/mol. The number of carboxylic acid groups (broad SMARTS) is 1. The van der Waals surface area contributed by atoms with Crippen LogP contribution in [0.4, 0.5) is 14.9 Å². The van der Waals surface area contributed by atoms with E-state index in [1.807, 2.05) is 0 Å². The Morgan fingerprint density at radius 1 is 1.35 bits per heavy atom. The van der Waals surface area contributed by atoms with Crippen molar-refractivity contribution in [3.8, 4) is 0 Å². The first-order valence-electron chi connectivity index (χ1n) is 6.23. The summed E-state index contributed by atoms with van der Waals surface area (Å²) in [7, 11) is 0. The van der Waals surface area contributed by atoms with Gasteiger partial charge < -0.3 is 15.7 Å². The van der Waals surface area contributed by atoms with Crippen LogP contribution in [0.25, 0.3) is 0 Å². The third-order valence-electron chi connectivity index (χ3n) is 3.33. The summed E-state index contributed by atoms with van der Waals surface area (Å²) in [6.07, 6.45) is 1.92. The van der Waals surface area contributed by atoms with Crippen molar-refractivity contribution < 1.29 is 19.1 Å². The molecule has 0 saturated heterocycles. The van der Waals surface area contributed by atoms with E-state index in [0.29, 0.717) is 17.3 Å². The molecule has 0 heterocycles. The van der Waals surface area contributed by atoms with Crippen LogP contribution in [0, 0.1) is 11.7 Å². The summed E-state index contributed by atoms with van der Waals surface area (Å²) in [5.41, 5.74) is 0.0433. The Labute approximate surface area is 123 Å². The van der Waals surface area contributed by atoms with Crippen molar-refractivity contribution in [2.24, 2.45) is 5.92 Å². The van der Waals surface area contributed by atoms with Gasteiger partial charge in [-0.15, -0.1) is 0 Å². The molecule has 0 bridgehead atoms. The number of benzene rings is 1. The Kier molecular flexibility index (Phi) is 4.59. The number of aliphatic carboxylic acids is 1. The summed E-state index contributed by atoms with van der Waals surface area (Å²) in [5.74, 6) is -2.04. The molecular formula is C13H14BrFN2O3. The van der Waals surface area contributed by atoms with Gasteiger partial charge in [0.05, 0.1) is 11.6 Å². The van der Waals surface area contributed by atoms with Gasteiger partial charge in [-0.25, -0.2) is 9.18 Å². The van der Waals surface area contributed by atoms with E-state index in [9.17, 15) is 14.0 Å². The molecule has 3 N–H and O–H groups in total. The molecule has 2 rings (SSSR count). The number of nitrogens with one attached hydrogen (secondary N) is 2. The quantitative estimate of drug-likeness (QED) is 0.788. The number of carbonyl (C=O) groups is 2. The SMILES string of the molecule is O=C(Nc1cc(Br)ccc1F)NC1CCCC1C(=O)O. The van der Waals surface area contributed by atoms with Gasteiger partial charge in [0.1, 0.15) is 5.82 Å². The van der Waals surface area contributed by atoms with Gasteiger partial charge in [-0.2, -0.15) is 0 Å². The third kappa shape index (κ3) is 3.47. The topological polar surface area (TPSA) is 78.4 Å². The molecule has 2 unspecified atom stereocenters. The lowest BCUT2D eigenvalue weighted by molar-refractivity contribution is -0.142. The number of rotatable bonds is 3. The minimum Gasteiger partial charge on any atom is -0.481 e. The number of hydrogen-bond acceptors (Lipinski definition) is 2. The van der Waals surface area contributed by atoms with Crippen LogP contribution in [-0.2, 0) is 4.79 Å². The molecule has 0 radical (unpaired) electrons. The van der Waals surface area contributed by atoms with Gasteiger partial charge in [-0.1, -0.05) is 22.4 Å². The Morgan fingerprint density at radius 3 is 2.80 bits per heavy atom. The van der Waals surface area contributed by atoms with Crippen LogP contribution in [-0.4, -0.2) is 23.1 Å². The standard InChI is InChI=1S/C13H14BrFN2O3/c14-7-4-5-9(15)11(6-7)17-13(20)16-10-3-1-2-8(10)12(18)19/h4-6,8,10H,1-3H2,(H,18,19)(H2,16,17,20). The number of amides is 2. The maximum atomic E-state index is 13.5. The zero-order chi connectivity index (χ0) is 14.7. The molecule has 2 amide bonds. The van der Waals surface area contributed by atoms with Crippen LogP contribution in [0.3, 0.4) is 0 Å². The Balaban J connectivity index is 1.99. The largest absolute Gasteiger partial charge is 0.481 e. The van der Waals surface area contributed by atoms with Crippen molar-refractivity contribution >= 4 is 33.6 Å². The normalized spacial score (nSPS) is 21.5. The fraction of sp³-hybridized carbons (Fsp3) is 0.385. The fourth-order valence-corrected chi connectivity index (χ4v) is 2.71. The van der Waals surface area contributed by atoms with Crippen molar-refractivity contribution in [2.75, 3.05) is 5.32 Å². The molecule has 1 fully saturated rings. The van der Waals surface area contributed by atoms with E-state index in [0.717, 1.165) is 6.42 Å². The van der Waals surface area contributed by atoms with Crippen LogP contribution >= 0.6 is 15.9 Å². The summed E-state index contributed by atoms with van der Waals surface area (Å²) in [6.45, 7) is 0. The molecule has 1 saturated carbocycles. The van der Waals surface area contributed by atoms with E-state index in [2.05, 4.69) is 26.6 Å². The van der Waals surface area contributed by atoms with Crippen LogP contribution in [0.1, 0.15) is 19.3 Å². The summed E-state index contributed by atoms with van der Waals surface area (Å²) in [4.78, 5) is 22.8. The lowest BCUT2D eigenvalue weighted by Crippen LogP contribution is -2.42. The van der Waals surface area contributed by atoms with E-state index in [-0.39, 0.29) is 5.69 Å². The third-order valence-corrected chi connectivity index (χ3v) is 3.82. The Morgan fingerprint density at radius 2 is 2.10 bits per heavy atom. The number of anilines is 1. The Bertz CT molecular complexity index is 538. The zero-order valence-electron chi connectivity index (χ0n) is 10.5. The maximum absolute atomic E-state index is 13.5. The number of urea groups is 1. The van der Waals surface area contributed by atoms with E-state index in [4.69, 9.17) is 5.11 Å². The maximum Gasteiger partial charge on any atom is 0.319 e. The minimum atomic E-state index is -0.915. The van der Waals surface area contributed by atoms with Crippen LogP contribution in [0.5, 0.6) is 0 Å². The van der Waals surface area contributed by atoms with E-state index < -0.39 is 29.8 Å². The van der Waals surface area contributed by atoms with Gasteiger partial charge >= 0.3 is 12.0 Å². The molecule has 108 valence electrons. The van der Waals surface area contributed by atoms with Gasteiger partial charge in [0.15, 0.2) is 0 Å². The summed E-state index contributed by atoms with van der Waals surface area (Å²) in [5, 5.41) is 14.0. The summed E-state index contributed by atoms with van der Waals surface area (Å²) in [6, 6.07) is 3.19. The monoisotopic (exact) mass is 344 g/mol. The van der Waals surface area contributed by atoms with Gasteiger partial charge in [0.25, 0.3) is 0 Å². The molecule has 1 aromatic rings. The van der Waals surface area contributed by atoms with Crippen LogP contribution < -0.4 is 10.6 Å². The van der Waals surface area contributed by atoms with E-state index in [1.54, 1.807) is 0 Å². The van der Waals surface area contributed by atoms with Gasteiger partial charge in [0.2, 0.25) is 0 Å². The molecule has 0 aromatic heterocycles. The van der Waals surface area contributed by atoms with Crippen molar-refractivity contribution in [2.45, 2.75) is 25.3 Å². The van der Waals surface area contributed by atoms with E-state index >= 15 is 0 Å². The summed E-state index contributed by atoms with van der Waals surface area (Å²) < 4.78 is 14.1. The molecule has 0 aliphatic heterocycles. The number of carbonyl (C=O) groups excluding carboxylic acids is 1. The highest BCUT2D eigenvalue weighted by atomic mass is 79.9. The molecule has 1 aliphatic carbocycles. The first kappa shape index (κ1) is 14.8. The average Bonchev–Trinajstić information content (AvgIpc) is 2.82. The second-order valence-corrected chi connectivity index (χ2v) is 5.62. The fourth-order valence-electron chi connectivity index (χ4n) is 2.35. The molecule has 7 heteroatoms. The highest BCUT2D eigenvalue weighted by molar-refractivity contribution is 9.10. The van der Waals surface area contributed by atoms with Gasteiger partial charge in [-0.3, -0.25) is 4.79 Å². The number of carboxylic acids is 1. The molecule has 20 heavy (non-hydrogen) atoms. The lowest BCUT2D eigenvalue weighted by Gasteiger charge is -2.18. The number of hydrogen-bond donors (Lipinski definition) is 3. The first-order chi connectivity index (χ1) is 9.47. The van der Waals surface area contributed by atoms with Crippen molar-refractivity contribution in [1.29, 1.82) is 0 Å². The van der Waals surface area contributed by atoms with Crippen molar-refractivity contribution in [3.05, 3.63) is 28.5 Å². The molecular weight excluding hydrogens is 331 g/mol. The highest BCUT2D eigenvalue weighted by Gasteiger charge is 2.33. The molecule has 1 aliphatic rings. The van der Waals surface area contributed by atoms with Crippen molar-refractivity contribution in [3.63, 3.8) is 0 Å². The smallest absolute Gasteiger partial charge is 0.319 e. The second kappa shape index (κ2) is 6.21. The second-order valence-electron chi connectivity index (χ2n) is 4.70. The van der Waals surface area contributed by atoms with Gasteiger partial charge in [-0.05, 0) is 31.0 Å². The van der Waals surface area contributed by atoms with E-state index in [1.165, 1.54) is 18.2 Å².